The number of imidazole rings is 1. The standard InChI is InChI=1S/C69H80F3N15O12S2/c1-69-17-6-19-87(69)67(98)56(23-38-7-5-10-43(70)22-38)85-65(96)54(28-46-32-75-37-79-46)83-66(97)55(29-60(90)91)84-64(95)53(25-42-31-77-50-15-13-45(72)27-48(42)50)82-63(94)52(24-41-30-76-49-14-12-44(71)26-47(41)49)81-59(89)33-78-62(93)51(11-2-3-18-73)80-58(88)16-20-100-34-39-8-4-9-40(21-39)35-101-36-57(61(74)92)86-68(69)99/h4-5,7-10,12-15,21-22,26-27,30-32,37,51-57,76-77H,2-3,6,11,16-20,23-25,28-29,33-36,73H2,1H3,(H2,74,92)(H,75,79)(H,78,93)(H,80,88)(H,81,89)(H,82,94)(H,83,97)(H,84,95)(H,85,96)(H,86,99)(H,90,91)/t51-,52-,53-,54-,55-,56-,57-,69-/m0/s1. The van der Waals surface area contributed by atoms with Crippen molar-refractivity contribution in [1.82, 2.24) is 67.4 Å². The summed E-state index contributed by atoms with van der Waals surface area (Å²) >= 11 is 2.77. The summed E-state index contributed by atoms with van der Waals surface area (Å²) in [5.74, 6) is -11.5. The molecule has 3 aromatic heterocycles. The Morgan fingerprint density at radius 1 is 0.634 bits per heavy atom. The van der Waals surface area contributed by atoms with Crippen LogP contribution in [0.4, 0.5) is 13.2 Å². The van der Waals surface area contributed by atoms with Gasteiger partial charge in [0.05, 0.1) is 19.3 Å². The molecule has 0 aliphatic carbocycles. The van der Waals surface area contributed by atoms with E-state index < -0.39 is 156 Å². The first-order chi connectivity index (χ1) is 48.4. The minimum absolute atomic E-state index is 0.00388. The molecule has 2 aliphatic heterocycles. The van der Waals surface area contributed by atoms with E-state index in [1.807, 2.05) is 24.3 Å². The molecule has 0 unspecified atom stereocenters. The number of primary amides is 1. The number of halogens is 3. The van der Waals surface area contributed by atoms with Crippen molar-refractivity contribution >= 4 is 110 Å². The highest BCUT2D eigenvalue weighted by molar-refractivity contribution is 7.98. The van der Waals surface area contributed by atoms with Crippen LogP contribution in [0.1, 0.15) is 85.4 Å². The molecule has 27 nitrogen and oxygen atoms in total. The molecule has 0 saturated carbocycles. The number of aliphatic carboxylic acids is 1. The van der Waals surface area contributed by atoms with E-state index in [4.69, 9.17) is 11.5 Å². The lowest BCUT2D eigenvalue weighted by molar-refractivity contribution is -0.147. The van der Waals surface area contributed by atoms with E-state index in [-0.39, 0.29) is 73.0 Å². The number of carboxylic acid groups (broad SMARTS) is 1. The highest BCUT2D eigenvalue weighted by atomic mass is 32.2. The van der Waals surface area contributed by atoms with Gasteiger partial charge in [0.1, 0.15) is 65.3 Å². The number of fused-ring (bicyclic) bond motifs is 5. The third-order valence-corrected chi connectivity index (χ3v) is 19.6. The number of hydrogen-bond acceptors (Lipinski definition) is 15. The first-order valence-electron chi connectivity index (χ1n) is 32.8. The molecular formula is C69H80F3N15O12S2. The van der Waals surface area contributed by atoms with Crippen LogP contribution in [0.25, 0.3) is 21.8 Å². The summed E-state index contributed by atoms with van der Waals surface area (Å²) in [5, 5.41) is 31.7. The van der Waals surface area contributed by atoms with Gasteiger partial charge in [0.25, 0.3) is 0 Å². The SMILES string of the molecule is C[C@@]12CCCN1C(=O)[C@H](Cc1cccc(F)c1)NC(=O)[C@H](Cc1cnc[nH]1)NC(=O)[C@H](CC(=O)O)NC(=O)[C@H](Cc1c[nH]c3ccc(F)cc13)NC(=O)[C@H](Cc1c[nH]c3ccc(F)cc13)NC(=O)CNC(=O)[C@H](CCCCN)NC(=O)CCSCc1cccc(c1)CSC[C@@H](C(N)=O)NC2=O. The zero-order chi connectivity index (χ0) is 72.3. The Balaban J connectivity index is 1.06. The number of hydrogen-bond donors (Lipinski definition) is 14. The second-order valence-corrected chi connectivity index (χ2v) is 27.2. The molecule has 5 heterocycles. The molecule has 16 N–H and O–H groups in total. The topological polar surface area (TPSA) is 420 Å². The number of benzene rings is 4. The molecule has 10 amide bonds. The van der Waals surface area contributed by atoms with Crippen LogP contribution >= 0.6 is 23.5 Å². The molecule has 4 aromatic carbocycles. The Morgan fingerprint density at radius 3 is 1.83 bits per heavy atom. The molecule has 536 valence electrons. The number of nitrogens with one attached hydrogen (secondary N) is 11. The van der Waals surface area contributed by atoms with Gasteiger partial charge < -0.3 is 79.0 Å². The van der Waals surface area contributed by atoms with E-state index >= 15 is 14.4 Å². The van der Waals surface area contributed by atoms with Gasteiger partial charge in [-0.05, 0) is 122 Å². The summed E-state index contributed by atoms with van der Waals surface area (Å²) in [5.41, 5.74) is 13.6. The van der Waals surface area contributed by atoms with Crippen molar-refractivity contribution in [3.05, 3.63) is 161 Å². The van der Waals surface area contributed by atoms with E-state index in [1.54, 1.807) is 0 Å². The monoisotopic (exact) mass is 1430 g/mol. The van der Waals surface area contributed by atoms with Gasteiger partial charge in [-0.2, -0.15) is 23.5 Å². The van der Waals surface area contributed by atoms with Gasteiger partial charge in [-0.3, -0.25) is 52.7 Å². The van der Waals surface area contributed by atoms with Gasteiger partial charge in [0.15, 0.2) is 0 Å². The number of unbranched alkanes of at least 4 members (excludes halogenated alkanes) is 1. The number of amides is 10. The second kappa shape index (κ2) is 35.2. The summed E-state index contributed by atoms with van der Waals surface area (Å²) in [6, 6.07) is 9.18. The minimum Gasteiger partial charge on any atom is -0.481 e. The Hall–Kier alpha value is -10.2. The fourth-order valence-corrected chi connectivity index (χ4v) is 14.1. The Labute approximate surface area is 586 Å². The van der Waals surface area contributed by atoms with Crippen molar-refractivity contribution in [2.24, 2.45) is 11.5 Å². The number of aromatic nitrogens is 4. The quantitative estimate of drug-likeness (QED) is 0.0656. The maximum absolute atomic E-state index is 15.2. The molecule has 101 heavy (non-hydrogen) atoms. The largest absolute Gasteiger partial charge is 0.481 e. The molecule has 1 fully saturated rings. The predicted octanol–water partition coefficient (Wildman–Crippen LogP) is 2.61. The number of thioether (sulfide) groups is 2. The zero-order valence-electron chi connectivity index (χ0n) is 55.1. The number of H-pyrrole nitrogens is 3. The number of carbonyl (C=O) groups excluding carboxylic acids is 10. The summed E-state index contributed by atoms with van der Waals surface area (Å²) in [7, 11) is 0. The first-order valence-corrected chi connectivity index (χ1v) is 35.1. The lowest BCUT2D eigenvalue weighted by Crippen LogP contribution is -2.63. The van der Waals surface area contributed by atoms with Crippen molar-refractivity contribution in [2.75, 3.05) is 31.1 Å². The van der Waals surface area contributed by atoms with Gasteiger partial charge in [-0.15, -0.1) is 0 Å². The molecule has 9 rings (SSSR count). The average Bonchev–Trinajstić information content (AvgIpc) is 1.69. The van der Waals surface area contributed by atoms with E-state index in [1.165, 1.54) is 109 Å². The summed E-state index contributed by atoms with van der Waals surface area (Å²) in [6.45, 7) is 1.02. The van der Waals surface area contributed by atoms with E-state index in [0.29, 0.717) is 58.6 Å². The van der Waals surface area contributed by atoms with Crippen molar-refractivity contribution in [3.63, 3.8) is 0 Å². The lowest BCUT2D eigenvalue weighted by Gasteiger charge is -2.37. The Morgan fingerprint density at radius 2 is 1.22 bits per heavy atom. The molecule has 1 saturated heterocycles. The number of nitrogens with two attached hydrogens (primary N) is 2. The average molecular weight is 1430 g/mol. The zero-order valence-corrected chi connectivity index (χ0v) is 56.7. The molecule has 0 radical (unpaired) electrons. The highest BCUT2D eigenvalue weighted by Gasteiger charge is 2.49. The molecule has 2 aliphatic rings. The first kappa shape index (κ1) is 75.0. The maximum atomic E-state index is 15.2. The number of carboxylic acids is 1. The van der Waals surface area contributed by atoms with Crippen LogP contribution in [0.15, 0.2) is 110 Å². The van der Waals surface area contributed by atoms with Crippen molar-refractivity contribution in [2.45, 2.75) is 137 Å². The van der Waals surface area contributed by atoms with Gasteiger partial charge in [-0.1, -0.05) is 36.4 Å². The van der Waals surface area contributed by atoms with Crippen LogP contribution < -0.4 is 54.0 Å². The third kappa shape index (κ3) is 20.7. The third-order valence-electron chi connectivity index (χ3n) is 17.5. The molecule has 32 heteroatoms. The number of carbonyl (C=O) groups is 11. The van der Waals surface area contributed by atoms with Crippen molar-refractivity contribution < 1.29 is 71.0 Å². The molecule has 2 bridgehead atoms. The van der Waals surface area contributed by atoms with Crippen LogP contribution in [0.3, 0.4) is 0 Å². The number of aromatic amines is 3. The van der Waals surface area contributed by atoms with Crippen molar-refractivity contribution in [3.8, 4) is 0 Å². The summed E-state index contributed by atoms with van der Waals surface area (Å²) < 4.78 is 44.7. The number of rotatable bonds is 15. The Kier molecular flexibility index (Phi) is 26.1. The van der Waals surface area contributed by atoms with Crippen LogP contribution in [0, 0.1) is 17.5 Å². The second-order valence-electron chi connectivity index (χ2n) is 25.0. The van der Waals surface area contributed by atoms with Crippen LogP contribution in [-0.2, 0) is 89.9 Å². The van der Waals surface area contributed by atoms with Gasteiger partial charge >= 0.3 is 5.97 Å². The smallest absolute Gasteiger partial charge is 0.305 e. The molecular weight excluding hydrogens is 1350 g/mol. The summed E-state index contributed by atoms with van der Waals surface area (Å²) in [4.78, 5) is 171. The molecule has 7 aromatic rings. The molecule has 0 spiro atoms. The number of nitrogens with zero attached hydrogens (tertiary/aromatic N) is 2. The molecule has 8 atom stereocenters. The minimum atomic E-state index is -2.07. The fraction of sp³-hybridized carbons (Fsp3) is 0.391. The van der Waals surface area contributed by atoms with Crippen LogP contribution in [0.5, 0.6) is 0 Å². The van der Waals surface area contributed by atoms with Crippen molar-refractivity contribution in [1.29, 1.82) is 0 Å². The lowest BCUT2D eigenvalue weighted by atomic mass is 9.95. The summed E-state index contributed by atoms with van der Waals surface area (Å²) in [6.07, 6.45) is 4.14. The van der Waals surface area contributed by atoms with E-state index in [2.05, 4.69) is 62.5 Å². The van der Waals surface area contributed by atoms with Gasteiger partial charge in [0.2, 0.25) is 59.1 Å². The predicted molar refractivity (Wildman–Crippen MR) is 370 cm³/mol. The fourth-order valence-electron chi connectivity index (χ4n) is 12.2. The van der Waals surface area contributed by atoms with Crippen LogP contribution in [-0.4, -0.2) is 174 Å². The van der Waals surface area contributed by atoms with Gasteiger partial charge in [0, 0.05) is 108 Å². The maximum Gasteiger partial charge on any atom is 0.305 e. The normalized spacial score (nSPS) is 22.7. The highest BCUT2D eigenvalue weighted by Crippen LogP contribution is 2.32. The van der Waals surface area contributed by atoms with Crippen LogP contribution in [0.2, 0.25) is 0 Å². The van der Waals surface area contributed by atoms with E-state index in [0.717, 1.165) is 23.3 Å². The van der Waals surface area contributed by atoms with E-state index in [9.17, 15) is 56.6 Å². The Bertz CT molecular complexity index is 4180. The van der Waals surface area contributed by atoms with Gasteiger partial charge in [-0.25, -0.2) is 18.2 Å².